The van der Waals surface area contributed by atoms with Gasteiger partial charge in [-0.05, 0) is 18.9 Å². The third-order valence-electron chi connectivity index (χ3n) is 2.95. The first-order valence-corrected chi connectivity index (χ1v) is 5.99. The van der Waals surface area contributed by atoms with Crippen molar-refractivity contribution < 1.29 is 0 Å². The normalized spacial score (nSPS) is 30.2. The molecule has 0 aliphatic heterocycles. The molecule has 13 heavy (non-hydrogen) atoms. The summed E-state index contributed by atoms with van der Waals surface area (Å²) in [5.41, 5.74) is 3.00. The molecule has 0 N–H and O–H groups in total. The molecule has 2 heteroatoms. The monoisotopic (exact) mass is 302 g/mol. The Bertz CT molecular complexity index is 326. The molecule has 0 saturated heterocycles. The SMILES string of the molecule is Cc1ccc(C2(C)CC2(Br)Br)cc1. The van der Waals surface area contributed by atoms with Gasteiger partial charge >= 0.3 is 0 Å². The molecule has 70 valence electrons. The molecule has 0 bridgehead atoms. The Hall–Kier alpha value is 0.180. The van der Waals surface area contributed by atoms with Crippen LogP contribution in [0, 0.1) is 6.92 Å². The lowest BCUT2D eigenvalue weighted by molar-refractivity contribution is 0.786. The van der Waals surface area contributed by atoms with Crippen molar-refractivity contribution in [2.24, 2.45) is 0 Å². The molecule has 1 fully saturated rings. The average Bonchev–Trinajstić information content (AvgIpc) is 2.53. The molecule has 1 unspecified atom stereocenters. The van der Waals surface area contributed by atoms with Crippen LogP contribution in [0.3, 0.4) is 0 Å². The maximum Gasteiger partial charge on any atom is 0.0908 e. The fourth-order valence-electron chi connectivity index (χ4n) is 1.63. The fourth-order valence-corrected chi connectivity index (χ4v) is 3.21. The molecule has 1 aliphatic rings. The van der Waals surface area contributed by atoms with Crippen molar-refractivity contribution in [3.05, 3.63) is 35.4 Å². The van der Waals surface area contributed by atoms with E-state index < -0.39 is 0 Å². The van der Waals surface area contributed by atoms with Crippen LogP contribution in [0.1, 0.15) is 24.5 Å². The van der Waals surface area contributed by atoms with Gasteiger partial charge in [0.1, 0.15) is 0 Å². The maximum atomic E-state index is 3.68. The van der Waals surface area contributed by atoms with Crippen LogP contribution < -0.4 is 0 Å². The van der Waals surface area contributed by atoms with Crippen LogP contribution in [0.25, 0.3) is 0 Å². The third-order valence-corrected chi connectivity index (χ3v) is 5.26. The molecular weight excluding hydrogens is 292 g/mol. The summed E-state index contributed by atoms with van der Waals surface area (Å²) in [6.45, 7) is 4.40. The Morgan fingerprint density at radius 2 is 1.62 bits per heavy atom. The average molecular weight is 304 g/mol. The second-order valence-electron chi connectivity index (χ2n) is 4.08. The summed E-state index contributed by atoms with van der Waals surface area (Å²) in [6.07, 6.45) is 1.16. The van der Waals surface area contributed by atoms with Crippen LogP contribution in [0.2, 0.25) is 0 Å². The molecule has 1 aromatic rings. The van der Waals surface area contributed by atoms with Gasteiger partial charge in [0, 0.05) is 5.41 Å². The van der Waals surface area contributed by atoms with E-state index >= 15 is 0 Å². The predicted octanol–water partition coefficient (Wildman–Crippen LogP) is 4.14. The molecule has 1 atom stereocenters. The minimum absolute atomic E-state index is 0.127. The van der Waals surface area contributed by atoms with Crippen molar-refractivity contribution in [1.82, 2.24) is 0 Å². The minimum atomic E-state index is 0.127. The standard InChI is InChI=1S/C11H12Br2/c1-8-3-5-9(6-4-8)10(2)7-11(10,12)13/h3-6H,7H2,1-2H3. The van der Waals surface area contributed by atoms with Crippen molar-refractivity contribution in [2.75, 3.05) is 0 Å². The lowest BCUT2D eigenvalue weighted by Crippen LogP contribution is -2.08. The Kier molecular flexibility index (Phi) is 2.12. The fraction of sp³-hybridized carbons (Fsp3) is 0.455. The zero-order valence-corrected chi connectivity index (χ0v) is 10.9. The maximum absolute atomic E-state index is 3.68. The molecule has 0 heterocycles. The Labute approximate surface area is 96.0 Å². The number of aryl methyl sites for hydroxylation is 1. The second-order valence-corrected chi connectivity index (χ2v) is 7.85. The largest absolute Gasteiger partial charge is 0.0908 e. The number of halogens is 2. The first-order chi connectivity index (χ1) is 5.96. The first-order valence-electron chi connectivity index (χ1n) is 4.41. The van der Waals surface area contributed by atoms with Crippen LogP contribution in [-0.2, 0) is 5.41 Å². The van der Waals surface area contributed by atoms with E-state index in [1.807, 2.05) is 0 Å². The Morgan fingerprint density at radius 3 is 2.00 bits per heavy atom. The van der Waals surface area contributed by atoms with Crippen LogP contribution in [0.15, 0.2) is 24.3 Å². The molecule has 0 spiro atoms. The number of alkyl halides is 2. The lowest BCUT2D eigenvalue weighted by atomic mass is 9.98. The van der Waals surface area contributed by atoms with Gasteiger partial charge < -0.3 is 0 Å². The number of hydrogen-bond donors (Lipinski definition) is 0. The third kappa shape index (κ3) is 1.48. The van der Waals surface area contributed by atoms with Crippen LogP contribution in [-0.4, -0.2) is 3.23 Å². The Morgan fingerprint density at radius 1 is 1.15 bits per heavy atom. The van der Waals surface area contributed by atoms with Crippen LogP contribution >= 0.6 is 31.9 Å². The van der Waals surface area contributed by atoms with E-state index in [1.165, 1.54) is 11.1 Å². The van der Waals surface area contributed by atoms with Crippen LogP contribution in [0.4, 0.5) is 0 Å². The van der Waals surface area contributed by atoms with Gasteiger partial charge in [-0.15, -0.1) is 0 Å². The summed E-state index contributed by atoms with van der Waals surface area (Å²) in [6, 6.07) is 8.79. The van der Waals surface area contributed by atoms with Crippen molar-refractivity contribution in [2.45, 2.75) is 28.9 Å². The van der Waals surface area contributed by atoms with Crippen molar-refractivity contribution in [3.8, 4) is 0 Å². The highest BCUT2D eigenvalue weighted by Gasteiger charge is 2.62. The minimum Gasteiger partial charge on any atom is -0.0717 e. The molecule has 0 nitrogen and oxygen atoms in total. The van der Waals surface area contributed by atoms with E-state index in [0.29, 0.717) is 0 Å². The van der Waals surface area contributed by atoms with Crippen molar-refractivity contribution in [1.29, 1.82) is 0 Å². The van der Waals surface area contributed by atoms with E-state index in [4.69, 9.17) is 0 Å². The highest BCUT2D eigenvalue weighted by molar-refractivity contribution is 9.25. The van der Waals surface area contributed by atoms with Gasteiger partial charge in [-0.25, -0.2) is 0 Å². The Balaban J connectivity index is 2.34. The zero-order valence-electron chi connectivity index (χ0n) is 7.77. The van der Waals surface area contributed by atoms with Gasteiger partial charge in [-0.3, -0.25) is 0 Å². The van der Waals surface area contributed by atoms with Gasteiger partial charge in [0.25, 0.3) is 0 Å². The van der Waals surface area contributed by atoms with E-state index in [1.54, 1.807) is 0 Å². The summed E-state index contributed by atoms with van der Waals surface area (Å²) in [7, 11) is 0. The lowest BCUT2D eigenvalue weighted by Gasteiger charge is -2.12. The predicted molar refractivity (Wildman–Crippen MR) is 63.7 cm³/mol. The van der Waals surface area contributed by atoms with E-state index in [0.717, 1.165) is 6.42 Å². The summed E-state index contributed by atoms with van der Waals surface area (Å²) in [5.74, 6) is 0. The highest BCUT2D eigenvalue weighted by Crippen LogP contribution is 2.66. The molecule has 0 aromatic heterocycles. The zero-order chi connectivity index (χ0) is 9.69. The molecule has 1 aliphatic carbocycles. The van der Waals surface area contributed by atoms with Gasteiger partial charge in [0.2, 0.25) is 0 Å². The molecule has 2 rings (SSSR count). The van der Waals surface area contributed by atoms with Gasteiger partial charge in [-0.1, -0.05) is 68.6 Å². The van der Waals surface area contributed by atoms with Gasteiger partial charge in [-0.2, -0.15) is 0 Å². The smallest absolute Gasteiger partial charge is 0.0717 e. The molecular formula is C11H12Br2. The number of benzene rings is 1. The van der Waals surface area contributed by atoms with Crippen molar-refractivity contribution >= 4 is 31.9 Å². The molecule has 1 aromatic carbocycles. The highest BCUT2D eigenvalue weighted by atomic mass is 79.9. The van der Waals surface area contributed by atoms with Gasteiger partial charge in [0.15, 0.2) is 0 Å². The van der Waals surface area contributed by atoms with E-state index in [-0.39, 0.29) is 8.65 Å². The summed E-state index contributed by atoms with van der Waals surface area (Å²) in [4.78, 5) is 0. The van der Waals surface area contributed by atoms with Crippen molar-refractivity contribution in [3.63, 3.8) is 0 Å². The summed E-state index contributed by atoms with van der Waals surface area (Å²) >= 11 is 7.36. The van der Waals surface area contributed by atoms with E-state index in [9.17, 15) is 0 Å². The number of rotatable bonds is 1. The molecule has 0 amide bonds. The van der Waals surface area contributed by atoms with Crippen LogP contribution in [0.5, 0.6) is 0 Å². The first kappa shape index (κ1) is 9.72. The van der Waals surface area contributed by atoms with Gasteiger partial charge in [0.05, 0.1) is 3.23 Å². The summed E-state index contributed by atoms with van der Waals surface area (Å²) in [5, 5.41) is 0. The quantitative estimate of drug-likeness (QED) is 0.684. The second kappa shape index (κ2) is 2.83. The van der Waals surface area contributed by atoms with E-state index in [2.05, 4.69) is 70.0 Å². The molecule has 0 radical (unpaired) electrons. The molecule has 1 saturated carbocycles. The topological polar surface area (TPSA) is 0 Å². The number of hydrogen-bond acceptors (Lipinski definition) is 0. The summed E-state index contributed by atoms with van der Waals surface area (Å²) < 4.78 is 0.127.